The number of nitrogens with zero attached hydrogens (tertiary/aromatic N) is 2. The summed E-state index contributed by atoms with van der Waals surface area (Å²) >= 11 is 9.23. The molecule has 84 valence electrons. The second-order valence-electron chi connectivity index (χ2n) is 3.67. The molecule has 0 aliphatic heterocycles. The first-order valence-corrected chi connectivity index (χ1v) is 6.35. The SMILES string of the molecule is Cc1c(CCl)cnn1Cc1ccc(Br)cc1. The summed E-state index contributed by atoms with van der Waals surface area (Å²) in [6.07, 6.45) is 1.83. The number of alkyl halides is 1. The Morgan fingerprint density at radius 1 is 1.31 bits per heavy atom. The van der Waals surface area contributed by atoms with Crippen LogP contribution in [0.2, 0.25) is 0 Å². The first-order valence-electron chi connectivity index (χ1n) is 5.02. The molecule has 0 N–H and O–H groups in total. The van der Waals surface area contributed by atoms with Gasteiger partial charge >= 0.3 is 0 Å². The van der Waals surface area contributed by atoms with Crippen molar-refractivity contribution in [3.63, 3.8) is 0 Å². The zero-order chi connectivity index (χ0) is 11.5. The number of hydrogen-bond donors (Lipinski definition) is 0. The molecule has 4 heteroatoms. The van der Waals surface area contributed by atoms with E-state index in [9.17, 15) is 0 Å². The van der Waals surface area contributed by atoms with Gasteiger partial charge in [-0.25, -0.2) is 0 Å². The van der Waals surface area contributed by atoms with Crippen LogP contribution in [0.3, 0.4) is 0 Å². The van der Waals surface area contributed by atoms with E-state index in [4.69, 9.17) is 11.6 Å². The van der Waals surface area contributed by atoms with Crippen LogP contribution in [0.1, 0.15) is 16.8 Å². The smallest absolute Gasteiger partial charge is 0.0662 e. The van der Waals surface area contributed by atoms with Crippen LogP contribution in [0.5, 0.6) is 0 Å². The minimum absolute atomic E-state index is 0.520. The molecular formula is C12H12BrClN2. The van der Waals surface area contributed by atoms with Crippen molar-refractivity contribution >= 4 is 27.5 Å². The first kappa shape index (κ1) is 11.7. The number of hydrogen-bond acceptors (Lipinski definition) is 1. The van der Waals surface area contributed by atoms with Crippen molar-refractivity contribution in [2.75, 3.05) is 0 Å². The van der Waals surface area contributed by atoms with E-state index < -0.39 is 0 Å². The first-order chi connectivity index (χ1) is 7.70. The summed E-state index contributed by atoms with van der Waals surface area (Å²) in [6, 6.07) is 8.25. The average Bonchev–Trinajstić information content (AvgIpc) is 2.63. The van der Waals surface area contributed by atoms with Gasteiger partial charge in [-0.1, -0.05) is 28.1 Å². The van der Waals surface area contributed by atoms with Crippen LogP contribution in [0, 0.1) is 6.92 Å². The lowest BCUT2D eigenvalue weighted by molar-refractivity contribution is 0.664. The third-order valence-corrected chi connectivity index (χ3v) is 3.41. The van der Waals surface area contributed by atoms with Crippen LogP contribution in [-0.4, -0.2) is 9.78 Å². The monoisotopic (exact) mass is 298 g/mol. The second kappa shape index (κ2) is 5.02. The molecular weight excluding hydrogens is 288 g/mol. The molecule has 0 spiro atoms. The van der Waals surface area contributed by atoms with Gasteiger partial charge in [-0.05, 0) is 24.6 Å². The van der Waals surface area contributed by atoms with Crippen molar-refractivity contribution in [2.24, 2.45) is 0 Å². The van der Waals surface area contributed by atoms with Crippen molar-refractivity contribution in [3.8, 4) is 0 Å². The molecule has 0 amide bonds. The lowest BCUT2D eigenvalue weighted by Gasteiger charge is -2.05. The molecule has 1 heterocycles. The van der Waals surface area contributed by atoms with Crippen LogP contribution < -0.4 is 0 Å². The van der Waals surface area contributed by atoms with Crippen molar-refractivity contribution in [3.05, 3.63) is 51.8 Å². The Hall–Kier alpha value is -0.800. The van der Waals surface area contributed by atoms with Gasteiger partial charge in [0.2, 0.25) is 0 Å². The summed E-state index contributed by atoms with van der Waals surface area (Å²) in [5, 5.41) is 4.32. The highest BCUT2D eigenvalue weighted by Gasteiger charge is 2.05. The summed E-state index contributed by atoms with van der Waals surface area (Å²) in [4.78, 5) is 0. The molecule has 0 fully saturated rings. The Morgan fingerprint density at radius 3 is 2.56 bits per heavy atom. The van der Waals surface area contributed by atoms with Gasteiger partial charge in [0.1, 0.15) is 0 Å². The predicted molar refractivity (Wildman–Crippen MR) is 69.8 cm³/mol. The maximum absolute atomic E-state index is 5.81. The van der Waals surface area contributed by atoms with Crippen molar-refractivity contribution < 1.29 is 0 Å². The lowest BCUT2D eigenvalue weighted by atomic mass is 10.2. The van der Waals surface area contributed by atoms with Crippen molar-refractivity contribution in [1.29, 1.82) is 0 Å². The van der Waals surface area contributed by atoms with Crippen LogP contribution in [0.15, 0.2) is 34.9 Å². The molecule has 0 radical (unpaired) electrons. The highest BCUT2D eigenvalue weighted by atomic mass is 79.9. The predicted octanol–water partition coefficient (Wildman–Crippen LogP) is 3.74. The normalized spacial score (nSPS) is 10.7. The number of rotatable bonds is 3. The molecule has 0 aliphatic carbocycles. The largest absolute Gasteiger partial charge is 0.265 e. The fourth-order valence-electron chi connectivity index (χ4n) is 1.54. The topological polar surface area (TPSA) is 17.8 Å². The van der Waals surface area contributed by atoms with Gasteiger partial charge in [0, 0.05) is 15.7 Å². The van der Waals surface area contributed by atoms with Gasteiger partial charge in [-0.15, -0.1) is 11.6 Å². The molecule has 0 saturated carbocycles. The Balaban J connectivity index is 2.20. The molecule has 1 aromatic heterocycles. The fourth-order valence-corrected chi connectivity index (χ4v) is 2.07. The molecule has 2 nitrogen and oxygen atoms in total. The zero-order valence-electron chi connectivity index (χ0n) is 8.95. The zero-order valence-corrected chi connectivity index (χ0v) is 11.3. The summed E-state index contributed by atoms with van der Waals surface area (Å²) < 4.78 is 3.07. The Kier molecular flexibility index (Phi) is 3.66. The molecule has 2 aromatic rings. The van der Waals surface area contributed by atoms with Gasteiger partial charge in [-0.3, -0.25) is 4.68 Å². The Morgan fingerprint density at radius 2 is 2.00 bits per heavy atom. The van der Waals surface area contributed by atoms with Gasteiger partial charge in [-0.2, -0.15) is 5.10 Å². The summed E-state index contributed by atoms with van der Waals surface area (Å²) in [6.45, 7) is 2.83. The van der Waals surface area contributed by atoms with Crippen LogP contribution >= 0.6 is 27.5 Å². The average molecular weight is 300 g/mol. The molecule has 0 aliphatic rings. The molecule has 2 rings (SSSR count). The summed E-state index contributed by atoms with van der Waals surface area (Å²) in [5.41, 5.74) is 3.47. The van der Waals surface area contributed by atoms with E-state index in [1.165, 1.54) is 5.56 Å². The van der Waals surface area contributed by atoms with Gasteiger partial charge in [0.15, 0.2) is 0 Å². The number of halogens is 2. The molecule has 0 bridgehead atoms. The molecule has 0 atom stereocenters. The summed E-state index contributed by atoms with van der Waals surface area (Å²) in [7, 11) is 0. The molecule has 16 heavy (non-hydrogen) atoms. The maximum atomic E-state index is 5.81. The highest BCUT2D eigenvalue weighted by Crippen LogP contribution is 2.14. The Bertz CT molecular complexity index is 476. The second-order valence-corrected chi connectivity index (χ2v) is 4.86. The minimum Gasteiger partial charge on any atom is -0.265 e. The van der Waals surface area contributed by atoms with Gasteiger partial charge in [0.05, 0.1) is 18.6 Å². The quantitative estimate of drug-likeness (QED) is 0.790. The molecule has 0 saturated heterocycles. The van der Waals surface area contributed by atoms with E-state index >= 15 is 0 Å². The van der Waals surface area contributed by atoms with E-state index in [1.807, 2.05) is 29.9 Å². The highest BCUT2D eigenvalue weighted by molar-refractivity contribution is 9.10. The van der Waals surface area contributed by atoms with E-state index in [-0.39, 0.29) is 0 Å². The van der Waals surface area contributed by atoms with E-state index in [2.05, 4.69) is 33.2 Å². The van der Waals surface area contributed by atoms with Crippen LogP contribution in [0.25, 0.3) is 0 Å². The third kappa shape index (κ3) is 2.47. The Labute approximate surface area is 108 Å². The van der Waals surface area contributed by atoms with Crippen molar-refractivity contribution in [1.82, 2.24) is 9.78 Å². The standard InChI is InChI=1S/C12H12BrClN2/c1-9-11(6-14)7-15-16(9)8-10-2-4-12(13)5-3-10/h2-5,7H,6,8H2,1H3. The molecule has 1 aromatic carbocycles. The maximum Gasteiger partial charge on any atom is 0.0662 e. The van der Waals surface area contributed by atoms with E-state index in [1.54, 1.807) is 0 Å². The van der Waals surface area contributed by atoms with Crippen LogP contribution in [-0.2, 0) is 12.4 Å². The minimum atomic E-state index is 0.520. The van der Waals surface area contributed by atoms with E-state index in [0.717, 1.165) is 22.3 Å². The van der Waals surface area contributed by atoms with E-state index in [0.29, 0.717) is 5.88 Å². The third-order valence-electron chi connectivity index (χ3n) is 2.59. The van der Waals surface area contributed by atoms with Crippen molar-refractivity contribution in [2.45, 2.75) is 19.3 Å². The lowest BCUT2D eigenvalue weighted by Crippen LogP contribution is -2.03. The number of aromatic nitrogens is 2. The fraction of sp³-hybridized carbons (Fsp3) is 0.250. The van der Waals surface area contributed by atoms with Gasteiger partial charge < -0.3 is 0 Å². The van der Waals surface area contributed by atoms with Crippen LogP contribution in [0.4, 0.5) is 0 Å². The summed E-state index contributed by atoms with van der Waals surface area (Å²) in [5.74, 6) is 0.520. The number of benzene rings is 1. The van der Waals surface area contributed by atoms with Gasteiger partial charge in [0.25, 0.3) is 0 Å². The molecule has 0 unspecified atom stereocenters.